The molecule has 0 N–H and O–H groups in total. The van der Waals surface area contributed by atoms with Crippen LogP contribution in [0.25, 0.3) is 0 Å². The summed E-state index contributed by atoms with van der Waals surface area (Å²) < 4.78 is 22.7. The second kappa shape index (κ2) is 9.87. The summed E-state index contributed by atoms with van der Waals surface area (Å²) in [4.78, 5) is 23.4. The van der Waals surface area contributed by atoms with Crippen molar-refractivity contribution in [3.63, 3.8) is 0 Å². The molecule has 0 amide bonds. The topological polar surface area (TPSA) is 71.1 Å². The summed E-state index contributed by atoms with van der Waals surface area (Å²) in [5.41, 5.74) is 0. The van der Waals surface area contributed by atoms with E-state index in [9.17, 15) is 9.59 Å². The first-order valence-electron chi connectivity index (χ1n) is 9.23. The van der Waals surface area contributed by atoms with Gasteiger partial charge in [0.05, 0.1) is 6.61 Å². The highest BCUT2D eigenvalue weighted by atomic mass is 35.5. The molecule has 0 aliphatic carbocycles. The van der Waals surface area contributed by atoms with Crippen molar-refractivity contribution in [2.24, 2.45) is 5.92 Å². The Morgan fingerprint density at radius 1 is 1.36 bits per heavy atom. The third-order valence-corrected chi connectivity index (χ3v) is 4.67. The van der Waals surface area contributed by atoms with Gasteiger partial charge in [0.15, 0.2) is 6.10 Å². The molecule has 2 heterocycles. The van der Waals surface area contributed by atoms with Gasteiger partial charge in [0.25, 0.3) is 0 Å². The molecular formula is C21H25ClO6. The van der Waals surface area contributed by atoms with Crippen LogP contribution in [0.2, 0.25) is 0 Å². The monoisotopic (exact) mass is 408 g/mol. The predicted octanol–water partition coefficient (Wildman–Crippen LogP) is 2.93. The first-order chi connectivity index (χ1) is 13.3. The van der Waals surface area contributed by atoms with Crippen LogP contribution in [0, 0.1) is 29.6 Å². The van der Waals surface area contributed by atoms with E-state index in [0.717, 1.165) is 0 Å². The van der Waals surface area contributed by atoms with Gasteiger partial charge < -0.3 is 18.9 Å². The number of alkyl halides is 1. The fourth-order valence-electron chi connectivity index (χ4n) is 3.05. The van der Waals surface area contributed by atoms with Crippen molar-refractivity contribution in [2.45, 2.75) is 70.3 Å². The molecular weight excluding hydrogens is 384 g/mol. The summed E-state index contributed by atoms with van der Waals surface area (Å²) in [6, 6.07) is 0. The van der Waals surface area contributed by atoms with Gasteiger partial charge in [0.1, 0.15) is 17.2 Å². The smallest absolute Gasteiger partial charge is 0.306 e. The van der Waals surface area contributed by atoms with Crippen molar-refractivity contribution in [3.05, 3.63) is 11.8 Å². The number of carbonyl (C=O) groups is 2. The molecule has 152 valence electrons. The summed E-state index contributed by atoms with van der Waals surface area (Å²) in [7, 11) is 0. The van der Waals surface area contributed by atoms with Gasteiger partial charge in [-0.25, -0.2) is 0 Å². The van der Waals surface area contributed by atoms with Gasteiger partial charge in [0.2, 0.25) is 5.79 Å². The highest BCUT2D eigenvalue weighted by molar-refractivity contribution is 6.23. The van der Waals surface area contributed by atoms with E-state index in [-0.39, 0.29) is 24.6 Å². The lowest BCUT2D eigenvalue weighted by Gasteiger charge is -2.39. The molecule has 7 heteroatoms. The van der Waals surface area contributed by atoms with Crippen molar-refractivity contribution in [1.29, 1.82) is 0 Å². The van der Waals surface area contributed by atoms with E-state index in [4.69, 9.17) is 30.5 Å². The largest absolute Gasteiger partial charge is 0.460 e. The molecule has 0 unspecified atom stereocenters. The van der Waals surface area contributed by atoms with Crippen LogP contribution >= 0.6 is 11.6 Å². The Balaban J connectivity index is 2.11. The molecule has 0 radical (unpaired) electrons. The predicted molar refractivity (Wildman–Crippen MR) is 103 cm³/mol. The Kier molecular flexibility index (Phi) is 7.80. The third-order valence-electron chi connectivity index (χ3n) is 4.23. The molecule has 4 atom stereocenters. The molecule has 2 saturated heterocycles. The highest BCUT2D eigenvalue weighted by Gasteiger charge is 2.58. The van der Waals surface area contributed by atoms with Gasteiger partial charge in [-0.05, 0) is 31.1 Å². The number of esters is 2. The molecule has 2 aliphatic rings. The van der Waals surface area contributed by atoms with Crippen molar-refractivity contribution in [2.75, 3.05) is 6.61 Å². The average Bonchev–Trinajstić information content (AvgIpc) is 2.85. The zero-order valence-electron chi connectivity index (χ0n) is 16.5. The van der Waals surface area contributed by atoms with E-state index in [2.05, 4.69) is 23.7 Å². The standard InChI is InChI=1S/C21H25ClO6/c1-5-6-7-8-9-17-19(22)20(26-15(4)23)21(28-17)11-10-16(13-25-21)27-18(24)12-14(2)3/h9,14,16,19-20H,10-13H2,1-4H3/b17-9+/t16-,19-,20+,21+/m0/s1. The Morgan fingerprint density at radius 2 is 2.11 bits per heavy atom. The van der Waals surface area contributed by atoms with Gasteiger partial charge in [-0.1, -0.05) is 25.7 Å². The first kappa shape index (κ1) is 22.1. The molecule has 0 aromatic heterocycles. The van der Waals surface area contributed by atoms with E-state index in [1.165, 1.54) is 13.0 Å². The number of ether oxygens (including phenoxy) is 4. The van der Waals surface area contributed by atoms with Crippen LogP contribution in [-0.4, -0.2) is 41.9 Å². The number of hydrogen-bond donors (Lipinski definition) is 0. The molecule has 6 nitrogen and oxygen atoms in total. The summed E-state index contributed by atoms with van der Waals surface area (Å²) >= 11 is 6.46. The minimum atomic E-state index is -1.22. The van der Waals surface area contributed by atoms with Gasteiger partial charge in [-0.3, -0.25) is 9.59 Å². The quantitative estimate of drug-likeness (QED) is 0.404. The molecule has 0 saturated carbocycles. The maximum Gasteiger partial charge on any atom is 0.306 e. The molecule has 0 aromatic carbocycles. The van der Waals surface area contributed by atoms with Crippen LogP contribution < -0.4 is 0 Å². The SMILES string of the molecule is CC#CC#C/C=C1/O[C@]2(CC[C@H](OC(=O)CC(C)C)CO2)[C@H](OC(C)=O)[C@H]1Cl. The zero-order chi connectivity index (χ0) is 20.7. The Bertz CT molecular complexity index is 740. The van der Waals surface area contributed by atoms with Crippen LogP contribution in [0.1, 0.15) is 47.0 Å². The lowest BCUT2D eigenvalue weighted by molar-refractivity contribution is -0.275. The van der Waals surface area contributed by atoms with E-state index >= 15 is 0 Å². The second-order valence-electron chi connectivity index (χ2n) is 7.10. The van der Waals surface area contributed by atoms with E-state index in [1.807, 2.05) is 13.8 Å². The van der Waals surface area contributed by atoms with Gasteiger partial charge in [-0.15, -0.1) is 11.6 Å². The van der Waals surface area contributed by atoms with Gasteiger partial charge in [0, 0.05) is 25.8 Å². The molecule has 2 aliphatic heterocycles. The van der Waals surface area contributed by atoms with Crippen LogP contribution in [0.5, 0.6) is 0 Å². The van der Waals surface area contributed by atoms with Crippen LogP contribution in [-0.2, 0) is 28.5 Å². The minimum Gasteiger partial charge on any atom is -0.460 e. The lowest BCUT2D eigenvalue weighted by Crippen LogP contribution is -2.52. The third kappa shape index (κ3) is 5.67. The van der Waals surface area contributed by atoms with Crippen molar-refractivity contribution < 1.29 is 28.5 Å². The number of allylic oxidation sites excluding steroid dienone is 1. The van der Waals surface area contributed by atoms with Crippen molar-refractivity contribution >= 4 is 23.5 Å². The summed E-state index contributed by atoms with van der Waals surface area (Å²) in [6.07, 6.45) is 1.51. The lowest BCUT2D eigenvalue weighted by atomic mass is 9.98. The number of rotatable bonds is 4. The molecule has 0 bridgehead atoms. The van der Waals surface area contributed by atoms with Gasteiger partial charge >= 0.3 is 11.9 Å². The Labute approximate surface area is 170 Å². The average molecular weight is 409 g/mol. The fourth-order valence-corrected chi connectivity index (χ4v) is 3.40. The molecule has 2 rings (SSSR count). The highest BCUT2D eigenvalue weighted by Crippen LogP contribution is 2.45. The summed E-state index contributed by atoms with van der Waals surface area (Å²) in [5, 5.41) is -0.743. The second-order valence-corrected chi connectivity index (χ2v) is 7.57. The minimum absolute atomic E-state index is 0.130. The van der Waals surface area contributed by atoms with Crippen molar-refractivity contribution in [3.8, 4) is 23.7 Å². The number of hydrogen-bond acceptors (Lipinski definition) is 6. The zero-order valence-corrected chi connectivity index (χ0v) is 17.3. The number of carbonyl (C=O) groups excluding carboxylic acids is 2. The Morgan fingerprint density at radius 3 is 2.68 bits per heavy atom. The maximum absolute atomic E-state index is 11.9. The molecule has 2 fully saturated rings. The first-order valence-corrected chi connectivity index (χ1v) is 9.67. The number of halogens is 1. The fraction of sp³-hybridized carbons (Fsp3) is 0.619. The molecule has 28 heavy (non-hydrogen) atoms. The molecule has 0 aromatic rings. The van der Waals surface area contributed by atoms with Crippen molar-refractivity contribution in [1.82, 2.24) is 0 Å². The maximum atomic E-state index is 11.9. The van der Waals surface area contributed by atoms with E-state index in [1.54, 1.807) is 6.92 Å². The summed E-state index contributed by atoms with van der Waals surface area (Å²) in [6.45, 7) is 7.02. The van der Waals surface area contributed by atoms with Gasteiger partial charge in [-0.2, -0.15) is 0 Å². The summed E-state index contributed by atoms with van der Waals surface area (Å²) in [5.74, 6) is 9.28. The van der Waals surface area contributed by atoms with Crippen LogP contribution in [0.15, 0.2) is 11.8 Å². The molecule has 1 spiro atoms. The Hall–Kier alpha value is -2.15. The van der Waals surface area contributed by atoms with E-state index < -0.39 is 23.2 Å². The van der Waals surface area contributed by atoms with E-state index in [0.29, 0.717) is 25.0 Å². The van der Waals surface area contributed by atoms with Crippen LogP contribution in [0.4, 0.5) is 0 Å². The van der Waals surface area contributed by atoms with Crippen LogP contribution in [0.3, 0.4) is 0 Å². The normalized spacial score (nSPS) is 30.1.